The molecule has 0 bridgehead atoms. The molecule has 0 fully saturated rings. The average Bonchev–Trinajstić information content (AvgIpc) is 2.60. The van der Waals surface area contributed by atoms with Crippen LogP contribution in [-0.4, -0.2) is 12.6 Å². The monoisotopic (exact) mass is 404 g/mol. The van der Waals surface area contributed by atoms with Crippen molar-refractivity contribution in [2.45, 2.75) is 46.0 Å². The van der Waals surface area contributed by atoms with Crippen molar-refractivity contribution in [3.8, 4) is 11.5 Å². The van der Waals surface area contributed by atoms with Gasteiger partial charge in [0, 0.05) is 0 Å². The van der Waals surface area contributed by atoms with Crippen molar-refractivity contribution in [1.82, 2.24) is 0 Å². The first kappa shape index (κ1) is 19.5. The van der Waals surface area contributed by atoms with Gasteiger partial charge in [0.1, 0.15) is 11.5 Å². The van der Waals surface area contributed by atoms with E-state index in [1.807, 2.05) is 18.2 Å². The molecule has 0 heterocycles. The fourth-order valence-corrected chi connectivity index (χ4v) is 2.82. The fourth-order valence-electron chi connectivity index (χ4n) is 2.35. The minimum atomic E-state index is -0.379. The Labute approximate surface area is 158 Å². The van der Waals surface area contributed by atoms with Crippen LogP contribution in [0.25, 0.3) is 0 Å². The van der Waals surface area contributed by atoms with E-state index < -0.39 is 0 Å². The SMILES string of the molecule is CCCCCOc1ccc(C(=O)Oc2ccc(C(C)C)cc2Br)cc1. The van der Waals surface area contributed by atoms with Crippen molar-refractivity contribution in [2.24, 2.45) is 0 Å². The molecule has 0 aliphatic rings. The van der Waals surface area contributed by atoms with Gasteiger partial charge in [-0.15, -0.1) is 0 Å². The zero-order chi connectivity index (χ0) is 18.2. The molecule has 0 spiro atoms. The van der Waals surface area contributed by atoms with Gasteiger partial charge >= 0.3 is 5.97 Å². The quantitative estimate of drug-likeness (QED) is 0.291. The van der Waals surface area contributed by atoms with Gasteiger partial charge in [-0.1, -0.05) is 39.7 Å². The van der Waals surface area contributed by atoms with Crippen molar-refractivity contribution in [2.75, 3.05) is 6.61 Å². The minimum absolute atomic E-state index is 0.379. The van der Waals surface area contributed by atoms with Crippen molar-refractivity contribution in [3.05, 3.63) is 58.1 Å². The maximum absolute atomic E-state index is 12.3. The maximum Gasteiger partial charge on any atom is 0.343 e. The Morgan fingerprint density at radius 1 is 1.08 bits per heavy atom. The molecule has 25 heavy (non-hydrogen) atoms. The number of hydrogen-bond acceptors (Lipinski definition) is 3. The summed E-state index contributed by atoms with van der Waals surface area (Å²) < 4.78 is 11.9. The Morgan fingerprint density at radius 3 is 2.40 bits per heavy atom. The van der Waals surface area contributed by atoms with Gasteiger partial charge in [0.2, 0.25) is 0 Å². The second-order valence-electron chi connectivity index (χ2n) is 6.31. The van der Waals surface area contributed by atoms with Crippen LogP contribution in [0.15, 0.2) is 46.9 Å². The van der Waals surface area contributed by atoms with E-state index in [9.17, 15) is 4.79 Å². The van der Waals surface area contributed by atoms with Crippen molar-refractivity contribution >= 4 is 21.9 Å². The zero-order valence-electron chi connectivity index (χ0n) is 15.0. The van der Waals surface area contributed by atoms with E-state index >= 15 is 0 Å². The van der Waals surface area contributed by atoms with Crippen LogP contribution in [0.2, 0.25) is 0 Å². The molecule has 2 aromatic carbocycles. The number of esters is 1. The Balaban J connectivity index is 1.96. The summed E-state index contributed by atoms with van der Waals surface area (Å²) >= 11 is 3.47. The lowest BCUT2D eigenvalue weighted by molar-refractivity contribution is 0.0733. The van der Waals surface area contributed by atoms with Gasteiger partial charge in [-0.2, -0.15) is 0 Å². The molecule has 4 heteroatoms. The smallest absolute Gasteiger partial charge is 0.343 e. The van der Waals surface area contributed by atoms with Crippen LogP contribution in [0.5, 0.6) is 11.5 Å². The molecule has 2 rings (SSSR count). The second-order valence-corrected chi connectivity index (χ2v) is 7.17. The minimum Gasteiger partial charge on any atom is -0.494 e. The fraction of sp³-hybridized carbons (Fsp3) is 0.381. The third-order valence-corrected chi connectivity index (χ3v) is 4.55. The molecule has 0 saturated carbocycles. The summed E-state index contributed by atoms with van der Waals surface area (Å²) in [6.07, 6.45) is 3.37. The molecule has 0 radical (unpaired) electrons. The van der Waals surface area contributed by atoms with Crippen LogP contribution in [0.3, 0.4) is 0 Å². The predicted molar refractivity (Wildman–Crippen MR) is 105 cm³/mol. The first-order valence-electron chi connectivity index (χ1n) is 8.75. The number of halogens is 1. The standard InChI is InChI=1S/C21H25BrO3/c1-4-5-6-13-24-18-10-7-16(8-11-18)21(23)25-20-12-9-17(15(2)3)14-19(20)22/h7-12,14-15H,4-6,13H2,1-3H3. The highest BCUT2D eigenvalue weighted by molar-refractivity contribution is 9.10. The maximum atomic E-state index is 12.3. The first-order valence-corrected chi connectivity index (χ1v) is 9.55. The lowest BCUT2D eigenvalue weighted by atomic mass is 10.0. The van der Waals surface area contributed by atoms with Crippen molar-refractivity contribution < 1.29 is 14.3 Å². The molecular formula is C21H25BrO3. The molecule has 0 amide bonds. The lowest BCUT2D eigenvalue weighted by Gasteiger charge is -2.11. The Kier molecular flexibility index (Phi) is 7.51. The third-order valence-electron chi connectivity index (χ3n) is 3.93. The highest BCUT2D eigenvalue weighted by atomic mass is 79.9. The Bertz CT molecular complexity index is 693. The number of carbonyl (C=O) groups excluding carboxylic acids is 1. The summed E-state index contributed by atoms with van der Waals surface area (Å²) in [5.41, 5.74) is 1.69. The number of benzene rings is 2. The van der Waals surface area contributed by atoms with Crippen LogP contribution in [0.1, 0.15) is 61.9 Å². The molecular weight excluding hydrogens is 380 g/mol. The van der Waals surface area contributed by atoms with Crippen molar-refractivity contribution in [3.63, 3.8) is 0 Å². The van der Waals surface area contributed by atoms with Crippen LogP contribution in [-0.2, 0) is 0 Å². The van der Waals surface area contributed by atoms with Gasteiger partial charge in [0.25, 0.3) is 0 Å². The van der Waals surface area contributed by atoms with E-state index in [0.29, 0.717) is 23.8 Å². The van der Waals surface area contributed by atoms with Crippen LogP contribution < -0.4 is 9.47 Å². The second kappa shape index (κ2) is 9.62. The highest BCUT2D eigenvalue weighted by Gasteiger charge is 2.12. The Morgan fingerprint density at radius 2 is 1.80 bits per heavy atom. The van der Waals surface area contributed by atoms with E-state index in [1.165, 1.54) is 12.0 Å². The molecule has 2 aromatic rings. The van der Waals surface area contributed by atoms with E-state index in [0.717, 1.165) is 23.1 Å². The van der Waals surface area contributed by atoms with Gasteiger partial charge in [0.15, 0.2) is 0 Å². The summed E-state index contributed by atoms with van der Waals surface area (Å²) in [6.45, 7) is 7.11. The van der Waals surface area contributed by atoms with Crippen molar-refractivity contribution in [1.29, 1.82) is 0 Å². The summed E-state index contributed by atoms with van der Waals surface area (Å²) in [7, 11) is 0. The summed E-state index contributed by atoms with van der Waals surface area (Å²) in [4.78, 5) is 12.3. The number of hydrogen-bond donors (Lipinski definition) is 0. The molecule has 134 valence electrons. The Hall–Kier alpha value is -1.81. The van der Waals surface area contributed by atoms with Crippen LogP contribution >= 0.6 is 15.9 Å². The van der Waals surface area contributed by atoms with E-state index in [-0.39, 0.29) is 5.97 Å². The number of rotatable bonds is 8. The molecule has 0 N–H and O–H groups in total. The number of carbonyl (C=O) groups is 1. The molecule has 3 nitrogen and oxygen atoms in total. The zero-order valence-corrected chi connectivity index (χ0v) is 16.6. The van der Waals surface area contributed by atoms with Gasteiger partial charge < -0.3 is 9.47 Å². The third kappa shape index (κ3) is 5.89. The topological polar surface area (TPSA) is 35.5 Å². The molecule has 0 saturated heterocycles. The van der Waals surface area contributed by atoms with Crippen LogP contribution in [0.4, 0.5) is 0 Å². The van der Waals surface area contributed by atoms with Gasteiger partial charge in [-0.25, -0.2) is 4.79 Å². The normalized spacial score (nSPS) is 10.8. The number of ether oxygens (including phenoxy) is 2. The largest absolute Gasteiger partial charge is 0.494 e. The summed E-state index contributed by atoms with van der Waals surface area (Å²) in [5, 5.41) is 0. The van der Waals surface area contributed by atoms with Gasteiger partial charge in [-0.3, -0.25) is 0 Å². The molecule has 0 aliphatic carbocycles. The molecule has 0 atom stereocenters. The summed E-state index contributed by atoms with van der Waals surface area (Å²) in [5.74, 6) is 1.34. The molecule has 0 unspecified atom stereocenters. The van der Waals surface area contributed by atoms with Gasteiger partial charge in [0.05, 0.1) is 16.6 Å². The predicted octanol–water partition coefficient (Wildman–Crippen LogP) is 6.36. The van der Waals surface area contributed by atoms with Gasteiger partial charge in [-0.05, 0) is 70.2 Å². The van der Waals surface area contributed by atoms with E-state index in [1.54, 1.807) is 24.3 Å². The molecule has 0 aliphatic heterocycles. The van der Waals surface area contributed by atoms with E-state index in [2.05, 4.69) is 36.7 Å². The van der Waals surface area contributed by atoms with E-state index in [4.69, 9.17) is 9.47 Å². The lowest BCUT2D eigenvalue weighted by Crippen LogP contribution is -2.09. The number of unbranched alkanes of at least 4 members (excludes halogenated alkanes) is 2. The average molecular weight is 405 g/mol. The first-order chi connectivity index (χ1) is 12.0. The highest BCUT2D eigenvalue weighted by Crippen LogP contribution is 2.29. The summed E-state index contributed by atoms with van der Waals surface area (Å²) in [6, 6.07) is 12.9. The molecule has 0 aromatic heterocycles. The van der Waals surface area contributed by atoms with Crippen LogP contribution in [0, 0.1) is 0 Å².